The number of aromatic nitrogens is 1. The van der Waals surface area contributed by atoms with Gasteiger partial charge >= 0.3 is 6.36 Å². The first-order valence-electron chi connectivity index (χ1n) is 9.66. The number of carbonyl (C=O) groups is 2. The summed E-state index contributed by atoms with van der Waals surface area (Å²) in [6, 6.07) is 14.1. The van der Waals surface area contributed by atoms with Crippen molar-refractivity contribution in [1.82, 2.24) is 9.88 Å². The van der Waals surface area contributed by atoms with E-state index in [0.717, 1.165) is 0 Å². The third-order valence-corrected chi connectivity index (χ3v) is 5.20. The summed E-state index contributed by atoms with van der Waals surface area (Å²) < 4.78 is 43.0. The summed E-state index contributed by atoms with van der Waals surface area (Å²) >= 11 is 1.25. The third kappa shape index (κ3) is 6.55. The number of benzene rings is 2. The number of rotatable bonds is 7. The van der Waals surface area contributed by atoms with Gasteiger partial charge in [-0.25, -0.2) is 0 Å². The number of nitrogens with one attached hydrogen (secondary N) is 1. The Labute approximate surface area is 186 Å². The van der Waals surface area contributed by atoms with Gasteiger partial charge in [0.1, 0.15) is 5.75 Å². The van der Waals surface area contributed by atoms with Crippen molar-refractivity contribution in [1.29, 1.82) is 0 Å². The van der Waals surface area contributed by atoms with Crippen LogP contribution in [-0.2, 0) is 11.3 Å². The minimum Gasteiger partial charge on any atom is -0.406 e. The van der Waals surface area contributed by atoms with E-state index in [1.807, 2.05) is 4.57 Å². The summed E-state index contributed by atoms with van der Waals surface area (Å²) in [4.78, 5) is 28.4. The minimum absolute atomic E-state index is 0.148. The summed E-state index contributed by atoms with van der Waals surface area (Å²) in [5.41, 5.74) is 1.78. The molecule has 0 bridgehead atoms. The minimum atomic E-state index is -4.77. The zero-order chi connectivity index (χ0) is 23.1. The van der Waals surface area contributed by atoms with Crippen LogP contribution in [0.25, 0.3) is 11.3 Å². The average Bonchev–Trinajstić information content (AvgIpc) is 3.13. The Morgan fingerprint density at radius 2 is 1.78 bits per heavy atom. The summed E-state index contributed by atoms with van der Waals surface area (Å²) in [5, 5.41) is 4.50. The zero-order valence-electron chi connectivity index (χ0n) is 17.1. The predicted octanol–water partition coefficient (Wildman–Crippen LogP) is 4.38. The highest BCUT2D eigenvalue weighted by molar-refractivity contribution is 7.07. The number of hydrogen-bond acceptors (Lipinski definition) is 4. The van der Waals surface area contributed by atoms with E-state index in [9.17, 15) is 22.8 Å². The standard InChI is InChI=1S/C22H20F3N3O3S/c1-15(29)26-12-5-13-28-19(16-8-10-18(11-9-16)31-22(23,24)25)14-32-21(28)27-20(30)17-6-3-2-4-7-17/h2-4,6-11,14H,5,12-13H2,1H3,(H,26,29)/b27-21-. The van der Waals surface area contributed by atoms with Gasteiger partial charge in [0.15, 0.2) is 4.80 Å². The van der Waals surface area contributed by atoms with Gasteiger partial charge in [0.05, 0.1) is 5.69 Å². The van der Waals surface area contributed by atoms with Gasteiger partial charge in [-0.3, -0.25) is 9.59 Å². The lowest BCUT2D eigenvalue weighted by Crippen LogP contribution is -2.24. The molecular weight excluding hydrogens is 443 g/mol. The predicted molar refractivity (Wildman–Crippen MR) is 114 cm³/mol. The second-order valence-electron chi connectivity index (χ2n) is 6.75. The van der Waals surface area contributed by atoms with Crippen LogP contribution in [0.3, 0.4) is 0 Å². The smallest absolute Gasteiger partial charge is 0.406 e. The number of hydrogen-bond donors (Lipinski definition) is 1. The van der Waals surface area contributed by atoms with E-state index < -0.39 is 12.3 Å². The van der Waals surface area contributed by atoms with Gasteiger partial charge in [-0.15, -0.1) is 24.5 Å². The monoisotopic (exact) mass is 463 g/mol. The molecule has 10 heteroatoms. The van der Waals surface area contributed by atoms with Crippen LogP contribution in [0.4, 0.5) is 13.2 Å². The molecule has 0 aliphatic carbocycles. The maximum Gasteiger partial charge on any atom is 0.573 e. The van der Waals surface area contributed by atoms with Gasteiger partial charge in [0.2, 0.25) is 5.91 Å². The molecule has 32 heavy (non-hydrogen) atoms. The van der Waals surface area contributed by atoms with Crippen LogP contribution in [-0.4, -0.2) is 29.3 Å². The fraction of sp³-hybridized carbons (Fsp3) is 0.227. The molecule has 0 radical (unpaired) electrons. The molecule has 2 amide bonds. The molecule has 1 N–H and O–H groups in total. The number of alkyl halides is 3. The molecule has 0 atom stereocenters. The highest BCUT2D eigenvalue weighted by atomic mass is 32.1. The maximum atomic E-state index is 12.6. The van der Waals surface area contributed by atoms with Gasteiger partial charge in [-0.2, -0.15) is 4.99 Å². The third-order valence-electron chi connectivity index (χ3n) is 4.33. The second kappa shape index (κ2) is 10.3. The molecule has 2 aromatic carbocycles. The Balaban J connectivity index is 1.92. The quantitative estimate of drug-likeness (QED) is 0.529. The Kier molecular flexibility index (Phi) is 7.47. The van der Waals surface area contributed by atoms with Gasteiger partial charge in [-0.05, 0) is 48.4 Å². The summed E-state index contributed by atoms with van der Waals surface area (Å²) in [5.74, 6) is -0.869. The number of nitrogens with zero attached hydrogens (tertiary/aromatic N) is 2. The van der Waals surface area contributed by atoms with Gasteiger partial charge in [0, 0.05) is 31.0 Å². The first kappa shape index (κ1) is 23.3. The number of ether oxygens (including phenoxy) is 1. The maximum absolute atomic E-state index is 12.6. The van der Waals surface area contributed by atoms with E-state index >= 15 is 0 Å². The molecule has 0 spiro atoms. The lowest BCUT2D eigenvalue weighted by Gasteiger charge is -2.11. The van der Waals surface area contributed by atoms with Crippen molar-refractivity contribution in [3.63, 3.8) is 0 Å². The normalized spacial score (nSPS) is 11.9. The molecule has 0 unspecified atom stereocenters. The van der Waals surface area contributed by atoms with Crippen molar-refractivity contribution >= 4 is 23.2 Å². The topological polar surface area (TPSA) is 72.7 Å². The molecule has 0 saturated carbocycles. The molecule has 0 aliphatic rings. The van der Waals surface area contributed by atoms with Gasteiger partial charge < -0.3 is 14.6 Å². The van der Waals surface area contributed by atoms with E-state index in [2.05, 4.69) is 15.0 Å². The van der Waals surface area contributed by atoms with Crippen molar-refractivity contribution in [3.05, 3.63) is 70.3 Å². The number of thiazole rings is 1. The van der Waals surface area contributed by atoms with E-state index in [0.29, 0.717) is 41.1 Å². The average molecular weight is 463 g/mol. The molecule has 0 saturated heterocycles. The van der Waals surface area contributed by atoms with Gasteiger partial charge in [-0.1, -0.05) is 18.2 Å². The molecule has 6 nitrogen and oxygen atoms in total. The van der Waals surface area contributed by atoms with Crippen molar-refractivity contribution < 1.29 is 27.5 Å². The van der Waals surface area contributed by atoms with E-state index in [-0.39, 0.29) is 11.7 Å². The van der Waals surface area contributed by atoms with Crippen LogP contribution in [0.1, 0.15) is 23.7 Å². The largest absolute Gasteiger partial charge is 0.573 e. The fourth-order valence-electron chi connectivity index (χ4n) is 2.93. The van der Waals surface area contributed by atoms with E-state index in [1.165, 1.54) is 42.5 Å². The molecule has 3 rings (SSSR count). The van der Waals surface area contributed by atoms with Crippen LogP contribution >= 0.6 is 11.3 Å². The van der Waals surface area contributed by atoms with Crippen LogP contribution in [0, 0.1) is 0 Å². The zero-order valence-corrected chi connectivity index (χ0v) is 17.9. The van der Waals surface area contributed by atoms with E-state index in [1.54, 1.807) is 35.7 Å². The molecule has 1 heterocycles. The van der Waals surface area contributed by atoms with Crippen molar-refractivity contribution in [3.8, 4) is 17.0 Å². The highest BCUT2D eigenvalue weighted by Gasteiger charge is 2.31. The molecular formula is C22H20F3N3O3S. The van der Waals surface area contributed by atoms with Gasteiger partial charge in [0.25, 0.3) is 5.91 Å². The fourth-order valence-corrected chi connectivity index (χ4v) is 3.86. The summed E-state index contributed by atoms with van der Waals surface area (Å²) in [6.45, 7) is 2.30. The molecule has 0 aliphatic heterocycles. The molecule has 168 valence electrons. The van der Waals surface area contributed by atoms with Crippen molar-refractivity contribution in [2.24, 2.45) is 4.99 Å². The number of amides is 2. The van der Waals surface area contributed by atoms with Crippen LogP contribution in [0.2, 0.25) is 0 Å². The van der Waals surface area contributed by atoms with Crippen molar-refractivity contribution in [2.75, 3.05) is 6.54 Å². The molecule has 3 aromatic rings. The lowest BCUT2D eigenvalue weighted by molar-refractivity contribution is -0.274. The van der Waals surface area contributed by atoms with Crippen LogP contribution in [0.5, 0.6) is 5.75 Å². The highest BCUT2D eigenvalue weighted by Crippen LogP contribution is 2.27. The summed E-state index contributed by atoms with van der Waals surface area (Å²) in [6.07, 6.45) is -4.19. The lowest BCUT2D eigenvalue weighted by atomic mass is 10.1. The Bertz CT molecular complexity index is 1140. The Morgan fingerprint density at radius 3 is 2.41 bits per heavy atom. The first-order valence-corrected chi connectivity index (χ1v) is 10.5. The second-order valence-corrected chi connectivity index (χ2v) is 7.58. The van der Waals surface area contributed by atoms with Crippen molar-refractivity contribution in [2.45, 2.75) is 26.3 Å². The summed E-state index contributed by atoms with van der Waals surface area (Å²) in [7, 11) is 0. The Morgan fingerprint density at radius 1 is 1.09 bits per heavy atom. The Hall–Kier alpha value is -3.40. The number of halogens is 3. The molecule has 1 aromatic heterocycles. The first-order chi connectivity index (χ1) is 15.2. The molecule has 0 fully saturated rings. The van der Waals surface area contributed by atoms with Crippen LogP contribution in [0.15, 0.2) is 65.0 Å². The number of carbonyl (C=O) groups excluding carboxylic acids is 2. The SMILES string of the molecule is CC(=O)NCCCn1c(-c2ccc(OC(F)(F)F)cc2)cs/c1=N\C(=O)c1ccccc1. The van der Waals surface area contributed by atoms with E-state index in [4.69, 9.17) is 0 Å². The van der Waals surface area contributed by atoms with Crippen LogP contribution < -0.4 is 14.9 Å².